The van der Waals surface area contributed by atoms with Crippen LogP contribution in [0.4, 0.5) is 5.69 Å². The summed E-state index contributed by atoms with van der Waals surface area (Å²) in [6.45, 7) is 5.05. The number of ether oxygens (including phenoxy) is 1. The molecule has 25 heavy (non-hydrogen) atoms. The van der Waals surface area contributed by atoms with Gasteiger partial charge in [0.1, 0.15) is 10.1 Å². The summed E-state index contributed by atoms with van der Waals surface area (Å²) in [7, 11) is 3.41. The van der Waals surface area contributed by atoms with Gasteiger partial charge in [-0.15, -0.1) is 0 Å². The molecule has 0 bridgehead atoms. The predicted octanol–water partition coefficient (Wildman–Crippen LogP) is 4.62. The number of hydrogen-bond acceptors (Lipinski definition) is 6. The van der Waals surface area contributed by atoms with E-state index < -0.39 is 0 Å². The molecule has 2 aliphatic rings. The van der Waals surface area contributed by atoms with Crippen LogP contribution in [0.5, 0.6) is 5.75 Å². The Labute approximate surface area is 162 Å². The maximum Gasteiger partial charge on any atom is 0.266 e. The molecule has 7 heteroatoms. The summed E-state index contributed by atoms with van der Waals surface area (Å²) in [6, 6.07) is 6.12. The molecule has 0 atom stereocenters. The quantitative estimate of drug-likeness (QED) is 0.549. The Bertz CT molecular complexity index is 802. The molecule has 0 N–H and O–H groups in total. The van der Waals surface area contributed by atoms with Gasteiger partial charge in [-0.2, -0.15) is 0 Å². The van der Waals surface area contributed by atoms with E-state index in [1.165, 1.54) is 16.7 Å². The Hall–Kier alpha value is -1.44. The van der Waals surface area contributed by atoms with Crippen LogP contribution in [0.3, 0.4) is 0 Å². The fourth-order valence-corrected chi connectivity index (χ4v) is 5.22. The summed E-state index contributed by atoms with van der Waals surface area (Å²) < 4.78 is 5.97. The predicted molar refractivity (Wildman–Crippen MR) is 110 cm³/mol. The van der Waals surface area contributed by atoms with E-state index >= 15 is 0 Å². The van der Waals surface area contributed by atoms with Gasteiger partial charge in [0.25, 0.3) is 5.91 Å². The van der Waals surface area contributed by atoms with Crippen molar-refractivity contribution >= 4 is 51.7 Å². The number of thioether (sulfide) groups is 2. The molecule has 132 valence electrons. The Balaban J connectivity index is 2.00. The minimum absolute atomic E-state index is 0.00562. The lowest BCUT2D eigenvalue weighted by molar-refractivity contribution is -0.121. The normalized spacial score (nSPS) is 20.6. The van der Waals surface area contributed by atoms with Crippen molar-refractivity contribution < 1.29 is 9.53 Å². The van der Waals surface area contributed by atoms with E-state index in [1.54, 1.807) is 30.8 Å². The molecule has 2 aliphatic heterocycles. The first-order chi connectivity index (χ1) is 12.0. The van der Waals surface area contributed by atoms with Gasteiger partial charge >= 0.3 is 0 Å². The van der Waals surface area contributed by atoms with E-state index in [1.807, 2.05) is 6.07 Å². The second kappa shape index (κ2) is 7.43. The molecule has 0 radical (unpaired) electrons. The van der Waals surface area contributed by atoms with Crippen molar-refractivity contribution in [2.75, 3.05) is 25.6 Å². The number of carbonyl (C=O) groups excluding carboxylic acids is 1. The zero-order valence-corrected chi connectivity index (χ0v) is 17.1. The molecule has 0 unspecified atom stereocenters. The molecule has 4 nitrogen and oxygen atoms in total. The summed E-state index contributed by atoms with van der Waals surface area (Å²) in [5, 5.41) is 1.13. The van der Waals surface area contributed by atoms with Crippen LogP contribution in [0, 0.1) is 0 Å². The second-order valence-electron chi connectivity index (χ2n) is 5.60. The van der Waals surface area contributed by atoms with Crippen LogP contribution in [0.25, 0.3) is 0 Å². The topological polar surface area (TPSA) is 32.8 Å². The lowest BCUT2D eigenvalue weighted by Gasteiger charge is -2.19. The van der Waals surface area contributed by atoms with Crippen molar-refractivity contribution in [3.63, 3.8) is 0 Å². The van der Waals surface area contributed by atoms with E-state index in [9.17, 15) is 4.79 Å². The third-order valence-corrected chi connectivity index (χ3v) is 6.91. The zero-order valence-electron chi connectivity index (χ0n) is 14.7. The number of fused-ring (bicyclic) bond motifs is 1. The summed E-state index contributed by atoms with van der Waals surface area (Å²) in [5.74, 6) is 0.843. The average molecular weight is 393 g/mol. The standard InChI is InChI=1S/C18H20N2O2S3/c1-5-11(16-17(21)19(3)18(23)25-16)9-15-20(6-2)13-10-12(22-4)7-8-14(13)24-15/h7-10H,5-6H2,1-4H3/b15-9-,16-11+. The zero-order chi connectivity index (χ0) is 18.1. The molecule has 0 saturated carbocycles. The van der Waals surface area contributed by atoms with E-state index in [0.29, 0.717) is 4.32 Å². The van der Waals surface area contributed by atoms with E-state index in [0.717, 1.165) is 39.9 Å². The van der Waals surface area contributed by atoms with E-state index in [-0.39, 0.29) is 5.91 Å². The number of amides is 1. The number of hydrogen-bond donors (Lipinski definition) is 0. The monoisotopic (exact) mass is 392 g/mol. The van der Waals surface area contributed by atoms with Crippen LogP contribution in [0.15, 0.2) is 44.7 Å². The Morgan fingerprint density at radius 3 is 2.64 bits per heavy atom. The Morgan fingerprint density at radius 1 is 1.32 bits per heavy atom. The van der Waals surface area contributed by atoms with Gasteiger partial charge in [0.05, 0.1) is 22.7 Å². The maximum atomic E-state index is 12.4. The third-order valence-electron chi connectivity index (χ3n) is 4.19. The van der Waals surface area contributed by atoms with E-state index in [4.69, 9.17) is 17.0 Å². The molecule has 1 aromatic carbocycles. The fraction of sp³-hybridized carbons (Fsp3) is 0.333. The van der Waals surface area contributed by atoms with Crippen molar-refractivity contribution in [3.05, 3.63) is 39.8 Å². The van der Waals surface area contributed by atoms with Crippen molar-refractivity contribution in [3.8, 4) is 5.75 Å². The molecule has 1 fully saturated rings. The van der Waals surface area contributed by atoms with Gasteiger partial charge in [-0.3, -0.25) is 9.69 Å². The fourth-order valence-electron chi connectivity index (χ4n) is 2.76. The molecular weight excluding hydrogens is 372 g/mol. The van der Waals surface area contributed by atoms with Gasteiger partial charge < -0.3 is 9.64 Å². The van der Waals surface area contributed by atoms with Gasteiger partial charge in [0.15, 0.2) is 0 Å². The molecule has 0 aromatic heterocycles. The molecule has 1 aromatic rings. The third kappa shape index (κ3) is 3.32. The number of anilines is 1. The lowest BCUT2D eigenvalue weighted by atomic mass is 10.1. The summed E-state index contributed by atoms with van der Waals surface area (Å²) >= 11 is 8.38. The van der Waals surface area contributed by atoms with Gasteiger partial charge in [0.2, 0.25) is 0 Å². The van der Waals surface area contributed by atoms with Crippen molar-refractivity contribution in [2.45, 2.75) is 25.2 Å². The summed E-state index contributed by atoms with van der Waals surface area (Å²) in [5.41, 5.74) is 2.18. The molecular formula is C18H20N2O2S3. The Morgan fingerprint density at radius 2 is 2.08 bits per heavy atom. The molecule has 0 spiro atoms. The number of methoxy groups -OCH3 is 1. The van der Waals surface area contributed by atoms with Gasteiger partial charge in [0, 0.05) is 24.6 Å². The van der Waals surface area contributed by atoms with Crippen molar-refractivity contribution in [1.82, 2.24) is 4.90 Å². The second-order valence-corrected chi connectivity index (χ2v) is 8.31. The Kier molecular flexibility index (Phi) is 5.46. The van der Waals surface area contributed by atoms with Crippen LogP contribution in [0.2, 0.25) is 0 Å². The number of likely N-dealkylation sites (N-methyl/N-ethyl adjacent to an activating group) is 1. The van der Waals surface area contributed by atoms with E-state index in [2.05, 4.69) is 37.0 Å². The van der Waals surface area contributed by atoms with Crippen LogP contribution in [-0.2, 0) is 4.79 Å². The summed E-state index contributed by atoms with van der Waals surface area (Å²) in [4.78, 5) is 18.2. The maximum absolute atomic E-state index is 12.4. The molecule has 3 rings (SSSR count). The smallest absolute Gasteiger partial charge is 0.266 e. The van der Waals surface area contributed by atoms with Crippen molar-refractivity contribution in [1.29, 1.82) is 0 Å². The highest BCUT2D eigenvalue weighted by atomic mass is 32.2. The first-order valence-corrected chi connectivity index (χ1v) is 10.1. The first kappa shape index (κ1) is 18.4. The number of allylic oxidation sites excluding steroid dienone is 2. The highest BCUT2D eigenvalue weighted by molar-refractivity contribution is 8.26. The minimum Gasteiger partial charge on any atom is -0.497 e. The highest BCUT2D eigenvalue weighted by Gasteiger charge is 2.32. The lowest BCUT2D eigenvalue weighted by Crippen LogP contribution is -2.22. The van der Waals surface area contributed by atoms with Gasteiger partial charge in [-0.25, -0.2) is 0 Å². The molecule has 1 saturated heterocycles. The average Bonchev–Trinajstić information content (AvgIpc) is 3.10. The van der Waals surface area contributed by atoms with Crippen molar-refractivity contribution in [2.24, 2.45) is 0 Å². The largest absolute Gasteiger partial charge is 0.497 e. The number of carbonyl (C=O) groups is 1. The highest BCUT2D eigenvalue weighted by Crippen LogP contribution is 2.48. The van der Waals surface area contributed by atoms with Crippen LogP contribution in [-0.4, -0.2) is 35.8 Å². The molecule has 2 heterocycles. The molecule has 1 amide bonds. The first-order valence-electron chi connectivity index (χ1n) is 8.08. The number of nitrogens with zero attached hydrogens (tertiary/aromatic N) is 2. The minimum atomic E-state index is -0.00562. The summed E-state index contributed by atoms with van der Waals surface area (Å²) in [6.07, 6.45) is 2.91. The van der Waals surface area contributed by atoms with Crippen LogP contribution in [0.1, 0.15) is 20.3 Å². The number of benzene rings is 1. The van der Waals surface area contributed by atoms with Crippen LogP contribution >= 0.6 is 35.7 Å². The molecule has 0 aliphatic carbocycles. The van der Waals surface area contributed by atoms with Gasteiger partial charge in [-0.1, -0.05) is 42.7 Å². The van der Waals surface area contributed by atoms with Gasteiger partial charge in [-0.05, 0) is 37.1 Å². The SMILES string of the molecule is CCC(/C=C1\Sc2ccc(OC)cc2N1CC)=C1\SC(=S)N(C)C1=O. The number of rotatable bonds is 4. The van der Waals surface area contributed by atoms with Crippen LogP contribution < -0.4 is 9.64 Å². The number of thiocarbonyl (C=S) groups is 1.